The van der Waals surface area contributed by atoms with E-state index in [4.69, 9.17) is 0 Å². The molecule has 1 aromatic rings. The van der Waals surface area contributed by atoms with Gasteiger partial charge in [0.2, 0.25) is 0 Å². The first-order chi connectivity index (χ1) is 9.64. The van der Waals surface area contributed by atoms with Crippen molar-refractivity contribution in [2.45, 2.75) is 83.5 Å². The first-order valence-corrected chi connectivity index (χ1v) is 8.43. The molecule has 0 bridgehead atoms. The fraction of sp³-hybridized carbons (Fsp3) is 0.667. The van der Waals surface area contributed by atoms with Gasteiger partial charge in [-0.2, -0.15) is 0 Å². The van der Waals surface area contributed by atoms with Gasteiger partial charge in [0.25, 0.3) is 11.9 Å². The van der Waals surface area contributed by atoms with Crippen molar-refractivity contribution in [2.24, 2.45) is 0 Å². The Morgan fingerprint density at radius 1 is 0.818 bits per heavy atom. The Morgan fingerprint density at radius 2 is 1.18 bits per heavy atom. The minimum absolute atomic E-state index is 0.0117. The number of nitro groups is 1. The third kappa shape index (κ3) is 4.48. The smallest absolute Gasteiger partial charge is 0.250 e. The van der Waals surface area contributed by atoms with Crippen LogP contribution in [0.25, 0.3) is 0 Å². The largest absolute Gasteiger partial charge is 0.266 e. The maximum atomic E-state index is 11.2. The minimum Gasteiger partial charge on any atom is -0.250 e. The summed E-state index contributed by atoms with van der Waals surface area (Å²) in [5.74, 6) is 0. The van der Waals surface area contributed by atoms with E-state index in [9.17, 15) is 10.1 Å². The van der Waals surface area contributed by atoms with E-state index in [1.807, 2.05) is 0 Å². The van der Waals surface area contributed by atoms with Gasteiger partial charge in [-0.1, -0.05) is 74.4 Å². The van der Waals surface area contributed by atoms with Crippen LogP contribution in [0.4, 0.5) is 0 Å². The molecule has 124 valence electrons. The van der Waals surface area contributed by atoms with Crippen molar-refractivity contribution >= 4 is 11.9 Å². The first-order valence-electron chi connectivity index (χ1n) is 7.66. The minimum atomic E-state index is -0.295. The van der Waals surface area contributed by atoms with Crippen molar-refractivity contribution in [3.8, 4) is 0 Å². The molecule has 0 aliphatic heterocycles. The molecule has 0 heterocycles. The van der Waals surface area contributed by atoms with Crippen molar-refractivity contribution < 1.29 is 4.33 Å². The maximum Gasteiger partial charge on any atom is 0.266 e. The molecule has 4 heteroatoms. The van der Waals surface area contributed by atoms with Crippen LogP contribution in [0.1, 0.15) is 79.0 Å². The molecule has 0 saturated heterocycles. The highest BCUT2D eigenvalue weighted by Crippen LogP contribution is 2.42. The van der Waals surface area contributed by atoms with Crippen molar-refractivity contribution in [3.05, 3.63) is 38.9 Å². The van der Waals surface area contributed by atoms with E-state index in [-0.39, 0.29) is 20.6 Å². The van der Waals surface area contributed by atoms with E-state index >= 15 is 0 Å². The topological polar surface area (TPSA) is 43.1 Å². The van der Waals surface area contributed by atoms with E-state index in [0.717, 1.165) is 28.0 Å². The van der Waals surface area contributed by atoms with Crippen LogP contribution >= 0.6 is 11.9 Å². The molecule has 1 aromatic carbocycles. The van der Waals surface area contributed by atoms with Crippen molar-refractivity contribution in [1.82, 2.24) is 0 Å². The summed E-state index contributed by atoms with van der Waals surface area (Å²) >= 11 is 0.747. The summed E-state index contributed by atoms with van der Waals surface area (Å²) in [6.07, 6.45) is 0. The van der Waals surface area contributed by atoms with Crippen molar-refractivity contribution in [1.29, 1.82) is 0 Å². The third-order valence-corrected chi connectivity index (χ3v) is 4.51. The molecule has 0 atom stereocenters. The molecule has 1 rings (SSSR count). The Hall–Kier alpha value is -1.03. The van der Waals surface area contributed by atoms with Crippen LogP contribution in [0.5, 0.6) is 0 Å². The summed E-state index contributed by atoms with van der Waals surface area (Å²) in [5.41, 5.74) is 3.09. The molecule has 0 saturated carbocycles. The third-order valence-electron chi connectivity index (χ3n) is 3.74. The van der Waals surface area contributed by atoms with Gasteiger partial charge < -0.3 is 0 Å². The number of hydrogen-bond donors (Lipinski definition) is 0. The van der Waals surface area contributed by atoms with Crippen molar-refractivity contribution in [3.63, 3.8) is 0 Å². The molecule has 0 spiro atoms. The molecule has 0 unspecified atom stereocenters. The Balaban J connectivity index is 3.81. The van der Waals surface area contributed by atoms with Gasteiger partial charge in [-0.25, -0.2) is 0 Å². The normalized spacial score (nSPS) is 13.3. The van der Waals surface area contributed by atoms with Gasteiger partial charge >= 0.3 is 0 Å². The highest BCUT2D eigenvalue weighted by Gasteiger charge is 2.32. The second kappa shape index (κ2) is 5.88. The molecule has 0 aliphatic rings. The second-order valence-electron chi connectivity index (χ2n) is 8.97. The molecule has 3 nitrogen and oxygen atoms in total. The molecule has 0 amide bonds. The van der Waals surface area contributed by atoms with Gasteiger partial charge in [0, 0.05) is 0 Å². The molecular weight excluding hydrogens is 294 g/mol. The van der Waals surface area contributed by atoms with Gasteiger partial charge in [0.15, 0.2) is 0 Å². The van der Waals surface area contributed by atoms with Crippen molar-refractivity contribution in [2.75, 3.05) is 0 Å². The molecule has 0 aliphatic carbocycles. The molecule has 0 fully saturated rings. The fourth-order valence-corrected chi connectivity index (χ4v) is 3.42. The Labute approximate surface area is 139 Å². The quantitative estimate of drug-likeness (QED) is 0.389. The van der Waals surface area contributed by atoms with E-state index in [0.29, 0.717) is 0 Å². The van der Waals surface area contributed by atoms with Gasteiger partial charge in [0.1, 0.15) is 4.33 Å². The van der Waals surface area contributed by atoms with Crippen LogP contribution in [0.2, 0.25) is 0 Å². The fourth-order valence-electron chi connectivity index (χ4n) is 2.35. The average Bonchev–Trinajstić information content (AvgIpc) is 2.23. The highest BCUT2D eigenvalue weighted by molar-refractivity contribution is 7.93. The predicted molar refractivity (Wildman–Crippen MR) is 95.4 cm³/mol. The number of benzene rings is 1. The lowest BCUT2D eigenvalue weighted by Gasteiger charge is -2.31. The molecule has 0 radical (unpaired) electrons. The Morgan fingerprint density at radius 3 is 1.41 bits per heavy atom. The summed E-state index contributed by atoms with van der Waals surface area (Å²) in [6.45, 7) is 19.2. The van der Waals surface area contributed by atoms with Crippen LogP contribution in [0, 0.1) is 10.1 Å². The maximum absolute atomic E-state index is 11.2. The summed E-state index contributed by atoms with van der Waals surface area (Å²) in [5, 5.41) is 11.2. The van der Waals surface area contributed by atoms with E-state index in [1.165, 1.54) is 5.56 Å². The van der Waals surface area contributed by atoms with Crippen LogP contribution in [0.3, 0.4) is 0 Å². The molecule has 0 N–H and O–H groups in total. The number of nitrogens with zero attached hydrogens (tertiary/aromatic N) is 1. The zero-order chi connectivity index (χ0) is 17.5. The number of hydrogen-bond acceptors (Lipinski definition) is 3. The summed E-state index contributed by atoms with van der Waals surface area (Å²) in [7, 11) is 0. The van der Waals surface area contributed by atoms with E-state index in [2.05, 4.69) is 74.4 Å². The zero-order valence-corrected chi connectivity index (χ0v) is 16.1. The lowest BCUT2D eigenvalue weighted by molar-refractivity contribution is -0.284. The van der Waals surface area contributed by atoms with Gasteiger partial charge in [-0.15, -0.1) is 0 Å². The average molecular weight is 324 g/mol. The molecular formula is C18H29NO2S. The van der Waals surface area contributed by atoms with Gasteiger partial charge in [0.05, 0.1) is 4.90 Å². The standard InChI is InChI=1S/C18H29NO2S/c1-16(2,3)12-10-13(17(4,5)6)15(22-19(20)21)14(11-12)18(7,8)9/h10-11H,1-9H3. The van der Waals surface area contributed by atoms with Gasteiger partial charge in [-0.3, -0.25) is 10.1 Å². The van der Waals surface area contributed by atoms with Crippen LogP contribution < -0.4 is 0 Å². The Kier molecular flexibility index (Phi) is 5.08. The Bertz CT molecular complexity index is 537. The molecule has 0 aromatic heterocycles. The highest BCUT2D eigenvalue weighted by atomic mass is 32.2. The molecule has 22 heavy (non-hydrogen) atoms. The summed E-state index contributed by atoms with van der Waals surface area (Å²) < 4.78 is -0.295. The van der Waals surface area contributed by atoms with E-state index in [1.54, 1.807) is 0 Å². The monoisotopic (exact) mass is 323 g/mol. The SMILES string of the molecule is CC(C)(C)c1cc(C(C)(C)C)c(S[N+](=O)[O-])c(C(C)(C)C)c1. The van der Waals surface area contributed by atoms with Gasteiger partial charge in [-0.05, 0) is 32.9 Å². The second-order valence-corrected chi connectivity index (χ2v) is 9.85. The van der Waals surface area contributed by atoms with Crippen LogP contribution in [-0.4, -0.2) is 4.33 Å². The van der Waals surface area contributed by atoms with E-state index < -0.39 is 0 Å². The van der Waals surface area contributed by atoms with Crippen LogP contribution in [0.15, 0.2) is 17.0 Å². The lowest BCUT2D eigenvalue weighted by Crippen LogP contribution is -2.23. The lowest BCUT2D eigenvalue weighted by atomic mass is 9.75. The summed E-state index contributed by atoms with van der Waals surface area (Å²) in [6, 6.07) is 4.31. The predicted octanol–water partition coefficient (Wildman–Crippen LogP) is 5.86. The summed E-state index contributed by atoms with van der Waals surface area (Å²) in [4.78, 5) is 12.0. The number of rotatable bonds is 2. The van der Waals surface area contributed by atoms with Crippen LogP contribution in [-0.2, 0) is 16.2 Å². The first kappa shape index (κ1) is 19.0. The zero-order valence-electron chi connectivity index (χ0n) is 15.3.